The molecule has 0 N–H and O–H groups in total. The Hall–Kier alpha value is -0.210. The highest BCUT2D eigenvalue weighted by atomic mass is 79.9. The van der Waals surface area contributed by atoms with E-state index >= 15 is 0 Å². The molecule has 0 aliphatic heterocycles. The van der Waals surface area contributed by atoms with Crippen LogP contribution in [0.15, 0.2) is 19.9 Å². The molecule has 0 amide bonds. The van der Waals surface area contributed by atoms with Crippen molar-refractivity contribution in [2.75, 3.05) is 11.5 Å². The molecule has 0 atom stereocenters. The van der Waals surface area contributed by atoms with Crippen molar-refractivity contribution in [3.05, 3.63) is 25.5 Å². The van der Waals surface area contributed by atoms with Gasteiger partial charge >= 0.3 is 0 Å². The van der Waals surface area contributed by atoms with E-state index in [1.807, 2.05) is 0 Å². The molecular formula is C9H12Br2N2O3S. The van der Waals surface area contributed by atoms with Crippen molar-refractivity contribution < 1.29 is 8.42 Å². The van der Waals surface area contributed by atoms with Crippen LogP contribution >= 0.6 is 31.9 Å². The van der Waals surface area contributed by atoms with Gasteiger partial charge in [-0.3, -0.25) is 4.79 Å². The fourth-order valence-corrected chi connectivity index (χ4v) is 2.61. The van der Waals surface area contributed by atoms with Crippen LogP contribution in [0.4, 0.5) is 0 Å². The number of rotatable bonds is 5. The SMILES string of the molecule is CCS(=O)(=O)CCCn1ncc(Br)c(Br)c1=O. The minimum Gasteiger partial charge on any atom is -0.266 e. The van der Waals surface area contributed by atoms with Crippen molar-refractivity contribution in [2.24, 2.45) is 0 Å². The number of aryl methyl sites for hydroxylation is 1. The minimum atomic E-state index is -2.98. The summed E-state index contributed by atoms with van der Waals surface area (Å²) in [4.78, 5) is 11.7. The van der Waals surface area contributed by atoms with Gasteiger partial charge in [0.25, 0.3) is 5.56 Å². The van der Waals surface area contributed by atoms with Crippen LogP contribution in [-0.2, 0) is 16.4 Å². The first kappa shape index (κ1) is 14.8. The van der Waals surface area contributed by atoms with Crippen LogP contribution in [0.2, 0.25) is 0 Å². The Morgan fingerprint density at radius 1 is 1.41 bits per heavy atom. The molecule has 0 radical (unpaired) electrons. The zero-order valence-electron chi connectivity index (χ0n) is 9.19. The van der Waals surface area contributed by atoms with E-state index in [0.29, 0.717) is 21.9 Å². The van der Waals surface area contributed by atoms with Gasteiger partial charge in [-0.25, -0.2) is 13.1 Å². The first-order chi connectivity index (χ1) is 7.87. The van der Waals surface area contributed by atoms with Crippen molar-refractivity contribution >= 4 is 41.7 Å². The molecule has 0 unspecified atom stereocenters. The molecule has 0 bridgehead atoms. The smallest absolute Gasteiger partial charge is 0.266 e. The second-order valence-electron chi connectivity index (χ2n) is 3.42. The van der Waals surface area contributed by atoms with E-state index in [2.05, 4.69) is 37.0 Å². The number of halogens is 2. The van der Waals surface area contributed by atoms with E-state index in [1.165, 1.54) is 10.9 Å². The molecule has 0 fully saturated rings. The number of hydrogen-bond donors (Lipinski definition) is 0. The van der Waals surface area contributed by atoms with E-state index < -0.39 is 9.84 Å². The number of aromatic nitrogens is 2. The summed E-state index contributed by atoms with van der Waals surface area (Å²) in [5.74, 6) is 0.199. The zero-order valence-corrected chi connectivity index (χ0v) is 13.2. The van der Waals surface area contributed by atoms with Crippen molar-refractivity contribution in [2.45, 2.75) is 19.9 Å². The maximum atomic E-state index is 11.7. The predicted octanol–water partition coefficient (Wildman–Crippen LogP) is 1.59. The molecular weight excluding hydrogens is 376 g/mol. The summed E-state index contributed by atoms with van der Waals surface area (Å²) >= 11 is 6.31. The maximum Gasteiger partial charge on any atom is 0.282 e. The average Bonchev–Trinajstić information content (AvgIpc) is 2.29. The van der Waals surface area contributed by atoms with Crippen LogP contribution in [-0.4, -0.2) is 29.7 Å². The first-order valence-corrected chi connectivity index (χ1v) is 8.39. The van der Waals surface area contributed by atoms with Crippen LogP contribution in [0.3, 0.4) is 0 Å². The molecule has 17 heavy (non-hydrogen) atoms. The van der Waals surface area contributed by atoms with Gasteiger partial charge in [0.05, 0.1) is 16.4 Å². The summed E-state index contributed by atoms with van der Waals surface area (Å²) in [7, 11) is -2.98. The summed E-state index contributed by atoms with van der Waals surface area (Å²) in [6.45, 7) is 1.90. The Kier molecular flexibility index (Phi) is 5.33. The Morgan fingerprint density at radius 2 is 2.06 bits per heavy atom. The van der Waals surface area contributed by atoms with E-state index in [1.54, 1.807) is 6.92 Å². The highest BCUT2D eigenvalue weighted by Gasteiger charge is 2.09. The van der Waals surface area contributed by atoms with Crippen LogP contribution in [0, 0.1) is 0 Å². The zero-order chi connectivity index (χ0) is 13.1. The quantitative estimate of drug-likeness (QED) is 0.769. The van der Waals surface area contributed by atoms with Crippen molar-refractivity contribution in [3.63, 3.8) is 0 Å². The lowest BCUT2D eigenvalue weighted by atomic mass is 10.5. The Labute approximate surface area is 116 Å². The van der Waals surface area contributed by atoms with E-state index in [9.17, 15) is 13.2 Å². The molecule has 1 aromatic heterocycles. The monoisotopic (exact) mass is 386 g/mol. The standard InChI is InChI=1S/C9H12Br2N2O3S/c1-2-17(15,16)5-3-4-13-9(14)8(11)7(10)6-12-13/h6H,2-5H2,1H3. The normalized spacial score (nSPS) is 11.7. The predicted molar refractivity (Wildman–Crippen MR) is 72.8 cm³/mol. The fourth-order valence-electron chi connectivity index (χ4n) is 1.18. The second-order valence-corrected chi connectivity index (χ2v) is 7.54. The van der Waals surface area contributed by atoms with Gasteiger partial charge < -0.3 is 0 Å². The van der Waals surface area contributed by atoms with E-state index in [-0.39, 0.29) is 17.1 Å². The highest BCUT2D eigenvalue weighted by molar-refractivity contribution is 9.13. The van der Waals surface area contributed by atoms with Crippen molar-refractivity contribution in [1.29, 1.82) is 0 Å². The van der Waals surface area contributed by atoms with Gasteiger partial charge in [0.15, 0.2) is 0 Å². The van der Waals surface area contributed by atoms with Gasteiger partial charge in [-0.15, -0.1) is 0 Å². The first-order valence-electron chi connectivity index (χ1n) is 4.99. The lowest BCUT2D eigenvalue weighted by molar-refractivity contribution is 0.552. The molecule has 1 rings (SSSR count). The molecule has 0 saturated carbocycles. The summed E-state index contributed by atoms with van der Waals surface area (Å²) in [5, 5.41) is 3.92. The van der Waals surface area contributed by atoms with Crippen molar-refractivity contribution in [1.82, 2.24) is 9.78 Å². The van der Waals surface area contributed by atoms with Gasteiger partial charge in [-0.2, -0.15) is 5.10 Å². The lowest BCUT2D eigenvalue weighted by Crippen LogP contribution is -2.24. The summed E-state index contributed by atoms with van der Waals surface area (Å²) in [5.41, 5.74) is -0.270. The molecule has 1 aromatic rings. The van der Waals surface area contributed by atoms with Gasteiger partial charge in [-0.05, 0) is 38.3 Å². The van der Waals surface area contributed by atoms with Crippen LogP contribution in [0.25, 0.3) is 0 Å². The van der Waals surface area contributed by atoms with Crippen molar-refractivity contribution in [3.8, 4) is 0 Å². The molecule has 0 aromatic carbocycles. The third kappa shape index (κ3) is 4.18. The van der Waals surface area contributed by atoms with Crippen LogP contribution < -0.4 is 5.56 Å². The summed E-state index contributed by atoms with van der Waals surface area (Å²) < 4.78 is 24.8. The molecule has 0 spiro atoms. The Morgan fingerprint density at radius 3 is 2.65 bits per heavy atom. The molecule has 8 heteroatoms. The maximum absolute atomic E-state index is 11.7. The lowest BCUT2D eigenvalue weighted by Gasteiger charge is -2.05. The largest absolute Gasteiger partial charge is 0.282 e. The van der Waals surface area contributed by atoms with Crippen LogP contribution in [0.1, 0.15) is 13.3 Å². The Balaban J connectivity index is 2.72. The molecule has 0 aliphatic carbocycles. The van der Waals surface area contributed by atoms with E-state index in [4.69, 9.17) is 0 Å². The van der Waals surface area contributed by atoms with Gasteiger partial charge in [0.1, 0.15) is 14.3 Å². The summed E-state index contributed by atoms with van der Waals surface area (Å²) in [6.07, 6.45) is 1.89. The number of sulfone groups is 1. The number of hydrogen-bond acceptors (Lipinski definition) is 4. The number of nitrogens with zero attached hydrogens (tertiary/aromatic N) is 2. The Bertz CT molecular complexity index is 554. The topological polar surface area (TPSA) is 69.0 Å². The van der Waals surface area contributed by atoms with Crippen LogP contribution in [0.5, 0.6) is 0 Å². The third-order valence-electron chi connectivity index (χ3n) is 2.21. The fraction of sp³-hybridized carbons (Fsp3) is 0.556. The highest BCUT2D eigenvalue weighted by Crippen LogP contribution is 2.16. The second kappa shape index (κ2) is 6.10. The molecule has 1 heterocycles. The van der Waals surface area contributed by atoms with Gasteiger partial charge in [0.2, 0.25) is 0 Å². The minimum absolute atomic E-state index is 0.0747. The summed E-state index contributed by atoms with van der Waals surface area (Å²) in [6, 6.07) is 0. The molecule has 0 saturated heterocycles. The van der Waals surface area contributed by atoms with E-state index in [0.717, 1.165) is 0 Å². The van der Waals surface area contributed by atoms with Gasteiger partial charge in [-0.1, -0.05) is 6.92 Å². The average molecular weight is 388 g/mol. The van der Waals surface area contributed by atoms with Gasteiger partial charge in [0, 0.05) is 12.3 Å². The third-order valence-corrected chi connectivity index (χ3v) is 5.90. The molecule has 0 aliphatic rings. The molecule has 5 nitrogen and oxygen atoms in total. The molecule has 96 valence electrons.